The van der Waals surface area contributed by atoms with Crippen LogP contribution in [0.15, 0.2) is 4.52 Å². The normalized spacial score (nSPS) is 24.9. The minimum absolute atomic E-state index is 0.120. The number of hydrogen-bond donors (Lipinski definition) is 0. The molecule has 6 nitrogen and oxygen atoms in total. The van der Waals surface area contributed by atoms with E-state index in [9.17, 15) is 4.79 Å². The second-order valence-electron chi connectivity index (χ2n) is 6.75. The molecule has 1 aromatic heterocycles. The molecule has 0 unspecified atom stereocenters. The Morgan fingerprint density at radius 1 is 1.35 bits per heavy atom. The SMILES string of the molecule is CCOCC(=O)N1CCC[C@]2(CCN2Cc2c(C)noc2C)C1. The highest BCUT2D eigenvalue weighted by Crippen LogP contribution is 2.40. The molecule has 0 saturated carbocycles. The van der Waals surface area contributed by atoms with Crippen LogP contribution >= 0.6 is 0 Å². The number of piperidine rings is 1. The quantitative estimate of drug-likeness (QED) is 0.829. The fourth-order valence-corrected chi connectivity index (χ4v) is 3.82. The number of carbonyl (C=O) groups excluding carboxylic acids is 1. The zero-order valence-corrected chi connectivity index (χ0v) is 14.4. The summed E-state index contributed by atoms with van der Waals surface area (Å²) in [6, 6.07) is 0. The smallest absolute Gasteiger partial charge is 0.248 e. The fraction of sp³-hybridized carbons (Fsp3) is 0.765. The summed E-state index contributed by atoms with van der Waals surface area (Å²) < 4.78 is 10.6. The molecule has 0 aromatic carbocycles. The zero-order chi connectivity index (χ0) is 16.4. The minimum Gasteiger partial charge on any atom is -0.372 e. The number of nitrogens with zero attached hydrogens (tertiary/aromatic N) is 3. The number of aryl methyl sites for hydroxylation is 2. The third-order valence-corrected chi connectivity index (χ3v) is 5.39. The van der Waals surface area contributed by atoms with Crippen molar-refractivity contribution in [2.24, 2.45) is 0 Å². The van der Waals surface area contributed by atoms with E-state index in [0.29, 0.717) is 6.61 Å². The second-order valence-corrected chi connectivity index (χ2v) is 6.75. The van der Waals surface area contributed by atoms with E-state index in [4.69, 9.17) is 9.26 Å². The van der Waals surface area contributed by atoms with Crippen molar-refractivity contribution in [3.05, 3.63) is 17.0 Å². The predicted octanol–water partition coefficient (Wildman–Crippen LogP) is 1.89. The van der Waals surface area contributed by atoms with Crippen molar-refractivity contribution in [1.29, 1.82) is 0 Å². The summed E-state index contributed by atoms with van der Waals surface area (Å²) in [7, 11) is 0. The Bertz CT molecular complexity index is 552. The molecule has 23 heavy (non-hydrogen) atoms. The molecule has 1 spiro atoms. The summed E-state index contributed by atoms with van der Waals surface area (Å²) in [6.07, 6.45) is 3.39. The number of aromatic nitrogens is 1. The van der Waals surface area contributed by atoms with E-state index in [1.807, 2.05) is 25.7 Å². The highest BCUT2D eigenvalue weighted by molar-refractivity contribution is 5.77. The van der Waals surface area contributed by atoms with Crippen LogP contribution in [0.5, 0.6) is 0 Å². The van der Waals surface area contributed by atoms with Crippen molar-refractivity contribution in [2.75, 3.05) is 32.8 Å². The van der Waals surface area contributed by atoms with Gasteiger partial charge in [0.2, 0.25) is 5.91 Å². The Morgan fingerprint density at radius 2 is 2.17 bits per heavy atom. The molecule has 2 aliphatic rings. The first-order valence-corrected chi connectivity index (χ1v) is 8.58. The van der Waals surface area contributed by atoms with Crippen LogP contribution in [0.3, 0.4) is 0 Å². The van der Waals surface area contributed by atoms with Gasteiger partial charge in [0.05, 0.1) is 5.69 Å². The Balaban J connectivity index is 1.65. The zero-order valence-electron chi connectivity index (χ0n) is 14.4. The van der Waals surface area contributed by atoms with E-state index < -0.39 is 0 Å². The highest BCUT2D eigenvalue weighted by Gasteiger charge is 2.48. The van der Waals surface area contributed by atoms with Gasteiger partial charge in [-0.25, -0.2) is 0 Å². The van der Waals surface area contributed by atoms with Crippen molar-refractivity contribution in [2.45, 2.75) is 52.1 Å². The van der Waals surface area contributed by atoms with Crippen LogP contribution in [0.25, 0.3) is 0 Å². The fourth-order valence-electron chi connectivity index (χ4n) is 3.82. The van der Waals surface area contributed by atoms with Crippen molar-refractivity contribution < 1.29 is 14.1 Å². The van der Waals surface area contributed by atoms with E-state index in [1.54, 1.807) is 0 Å². The standard InChI is InChI=1S/C17H27N3O3/c1-4-22-11-16(21)19-8-5-6-17(12-19)7-9-20(17)10-15-13(2)18-23-14(15)3/h4-12H2,1-3H3/t17-/m0/s1. The van der Waals surface area contributed by atoms with Gasteiger partial charge in [0, 0.05) is 43.9 Å². The van der Waals surface area contributed by atoms with Crippen LogP contribution in [0, 0.1) is 13.8 Å². The molecule has 2 aliphatic heterocycles. The molecule has 2 fully saturated rings. The summed E-state index contributed by atoms with van der Waals surface area (Å²) in [6.45, 7) is 10.3. The molecule has 1 atom stereocenters. The third-order valence-electron chi connectivity index (χ3n) is 5.39. The van der Waals surface area contributed by atoms with Crippen molar-refractivity contribution in [3.63, 3.8) is 0 Å². The highest BCUT2D eigenvalue weighted by atomic mass is 16.5. The summed E-state index contributed by atoms with van der Waals surface area (Å²) in [5, 5.41) is 4.06. The lowest BCUT2D eigenvalue weighted by Crippen LogP contribution is -2.67. The van der Waals surface area contributed by atoms with E-state index >= 15 is 0 Å². The van der Waals surface area contributed by atoms with Gasteiger partial charge in [0.1, 0.15) is 12.4 Å². The number of likely N-dealkylation sites (tertiary alicyclic amines) is 2. The van der Waals surface area contributed by atoms with E-state index in [1.165, 1.54) is 5.56 Å². The van der Waals surface area contributed by atoms with Gasteiger partial charge in [-0.3, -0.25) is 9.69 Å². The molecule has 2 saturated heterocycles. The topological polar surface area (TPSA) is 58.8 Å². The van der Waals surface area contributed by atoms with Crippen LogP contribution < -0.4 is 0 Å². The summed E-state index contributed by atoms with van der Waals surface area (Å²) in [5.74, 6) is 1.03. The lowest BCUT2D eigenvalue weighted by molar-refractivity contribution is -0.145. The maximum Gasteiger partial charge on any atom is 0.248 e. The third kappa shape index (κ3) is 3.15. The second kappa shape index (κ2) is 6.61. The van der Waals surface area contributed by atoms with E-state index in [-0.39, 0.29) is 18.1 Å². The van der Waals surface area contributed by atoms with Crippen LogP contribution in [0.2, 0.25) is 0 Å². The Morgan fingerprint density at radius 3 is 2.78 bits per heavy atom. The van der Waals surface area contributed by atoms with Gasteiger partial charge in [0.25, 0.3) is 0 Å². The first-order valence-electron chi connectivity index (χ1n) is 8.58. The predicted molar refractivity (Wildman–Crippen MR) is 86.0 cm³/mol. The summed E-state index contributed by atoms with van der Waals surface area (Å²) in [4.78, 5) is 16.8. The van der Waals surface area contributed by atoms with Crippen molar-refractivity contribution >= 4 is 5.91 Å². The number of ether oxygens (including phenoxy) is 1. The van der Waals surface area contributed by atoms with Crippen LogP contribution in [0.1, 0.15) is 43.2 Å². The number of carbonyl (C=O) groups is 1. The molecule has 0 N–H and O–H groups in total. The average Bonchev–Trinajstić information content (AvgIpc) is 2.87. The van der Waals surface area contributed by atoms with Gasteiger partial charge in [-0.15, -0.1) is 0 Å². The van der Waals surface area contributed by atoms with Gasteiger partial charge in [-0.05, 0) is 40.0 Å². The molecule has 3 heterocycles. The molecular weight excluding hydrogens is 294 g/mol. The van der Waals surface area contributed by atoms with Crippen molar-refractivity contribution in [3.8, 4) is 0 Å². The molecule has 1 amide bonds. The minimum atomic E-state index is 0.120. The van der Waals surface area contributed by atoms with Gasteiger partial charge < -0.3 is 14.2 Å². The molecule has 0 radical (unpaired) electrons. The Kier molecular flexibility index (Phi) is 4.73. The van der Waals surface area contributed by atoms with Gasteiger partial charge in [0.15, 0.2) is 0 Å². The summed E-state index contributed by atoms with van der Waals surface area (Å²) in [5.41, 5.74) is 2.31. The van der Waals surface area contributed by atoms with Gasteiger partial charge in [-0.1, -0.05) is 5.16 Å². The maximum atomic E-state index is 12.3. The molecule has 1 aromatic rings. The molecular formula is C17H27N3O3. The number of hydrogen-bond acceptors (Lipinski definition) is 5. The molecule has 6 heteroatoms. The lowest BCUT2D eigenvalue weighted by atomic mass is 9.77. The first kappa shape index (κ1) is 16.5. The monoisotopic (exact) mass is 321 g/mol. The summed E-state index contributed by atoms with van der Waals surface area (Å²) >= 11 is 0. The van der Waals surface area contributed by atoms with Gasteiger partial charge in [-0.2, -0.15) is 0 Å². The maximum absolute atomic E-state index is 12.3. The number of amides is 1. The molecule has 0 bridgehead atoms. The molecule has 128 valence electrons. The lowest BCUT2D eigenvalue weighted by Gasteiger charge is -2.57. The van der Waals surface area contributed by atoms with Crippen molar-refractivity contribution in [1.82, 2.24) is 15.0 Å². The average molecular weight is 321 g/mol. The van der Waals surface area contributed by atoms with Crippen LogP contribution in [0.4, 0.5) is 0 Å². The van der Waals surface area contributed by atoms with Crippen LogP contribution in [-0.4, -0.2) is 59.3 Å². The molecule has 3 rings (SSSR count). The van der Waals surface area contributed by atoms with E-state index in [0.717, 1.165) is 56.9 Å². The first-order chi connectivity index (χ1) is 11.1. The van der Waals surface area contributed by atoms with Crippen LogP contribution in [-0.2, 0) is 16.1 Å². The Hall–Kier alpha value is -1.40. The number of rotatable bonds is 5. The van der Waals surface area contributed by atoms with E-state index in [2.05, 4.69) is 10.1 Å². The Labute approximate surface area is 137 Å². The largest absolute Gasteiger partial charge is 0.372 e. The molecule has 0 aliphatic carbocycles. The van der Waals surface area contributed by atoms with Gasteiger partial charge >= 0.3 is 0 Å².